The van der Waals surface area contributed by atoms with E-state index in [9.17, 15) is 0 Å². The van der Waals surface area contributed by atoms with Crippen LogP contribution in [0, 0.1) is 0 Å². The van der Waals surface area contributed by atoms with E-state index in [0.29, 0.717) is 0 Å². The van der Waals surface area contributed by atoms with E-state index < -0.39 is 0 Å². The number of hydrogen-bond acceptors (Lipinski definition) is 0. The van der Waals surface area contributed by atoms with Crippen molar-refractivity contribution in [1.82, 2.24) is 0 Å². The Kier molecular flexibility index (Phi) is 9.68. The Balaban J connectivity index is 1.01. The van der Waals surface area contributed by atoms with Crippen molar-refractivity contribution in [3.8, 4) is 77.9 Å². The van der Waals surface area contributed by atoms with Crippen molar-refractivity contribution in [2.24, 2.45) is 0 Å². The molecule has 0 radical (unpaired) electrons. The summed E-state index contributed by atoms with van der Waals surface area (Å²) in [7, 11) is 0. The zero-order chi connectivity index (χ0) is 48.7. The maximum atomic E-state index is 2.48. The first-order chi connectivity index (χ1) is 36.7. The van der Waals surface area contributed by atoms with Crippen LogP contribution < -0.4 is 0 Å². The molecule has 0 aromatic heterocycles. The van der Waals surface area contributed by atoms with E-state index in [1.165, 1.54) is 153 Å². The second-order valence-electron chi connectivity index (χ2n) is 19.8. The van der Waals surface area contributed by atoms with Crippen LogP contribution in [0.3, 0.4) is 0 Å². The summed E-state index contributed by atoms with van der Waals surface area (Å²) in [5.74, 6) is 0. The van der Waals surface area contributed by atoms with E-state index in [1.807, 2.05) is 0 Å². The third kappa shape index (κ3) is 6.69. The molecular weight excluding hydrogens is 889 g/mol. The fourth-order valence-electron chi connectivity index (χ4n) is 12.5. The molecule has 0 unspecified atom stereocenters. The SMILES string of the molecule is c1ccc(-c2cccc(-c3c4ccccc4c(-c4cc(-c5cccc(-c6ccc7ccc8cccc9ccc6c7c89)c5)cc(-c5c6ccccc6c(-c6ccccc6)c6ccccc56)c4)c4ccccc34)c2)cc1. The van der Waals surface area contributed by atoms with Gasteiger partial charge in [0.25, 0.3) is 0 Å². The quantitative estimate of drug-likeness (QED) is 0.110. The molecule has 0 atom stereocenters. The first-order valence-corrected chi connectivity index (χ1v) is 25.7. The van der Waals surface area contributed by atoms with Crippen LogP contribution in [-0.4, -0.2) is 0 Å². The molecule has 342 valence electrons. The third-order valence-corrected chi connectivity index (χ3v) is 15.7. The molecule has 0 N–H and O–H groups in total. The lowest BCUT2D eigenvalue weighted by Crippen LogP contribution is -1.94. The first kappa shape index (κ1) is 42.1. The van der Waals surface area contributed by atoms with Crippen molar-refractivity contribution in [1.29, 1.82) is 0 Å². The number of fused-ring (bicyclic) bond motifs is 4. The molecule has 0 saturated heterocycles. The molecule has 15 aromatic carbocycles. The van der Waals surface area contributed by atoms with E-state index in [-0.39, 0.29) is 0 Å². The van der Waals surface area contributed by atoms with Gasteiger partial charge in [0.05, 0.1) is 0 Å². The van der Waals surface area contributed by atoms with Gasteiger partial charge in [-0.25, -0.2) is 0 Å². The van der Waals surface area contributed by atoms with Crippen molar-refractivity contribution >= 4 is 75.4 Å². The summed E-state index contributed by atoms with van der Waals surface area (Å²) in [6, 6.07) is 104. The van der Waals surface area contributed by atoms with Crippen molar-refractivity contribution in [2.45, 2.75) is 0 Å². The second kappa shape index (κ2) is 17.0. The summed E-state index contributed by atoms with van der Waals surface area (Å²) in [6.07, 6.45) is 0. The highest BCUT2D eigenvalue weighted by molar-refractivity contribution is 6.27. The van der Waals surface area contributed by atoms with E-state index >= 15 is 0 Å². The smallest absolute Gasteiger partial charge is 0.00206 e. The molecule has 0 aliphatic rings. The van der Waals surface area contributed by atoms with Crippen molar-refractivity contribution in [3.05, 3.63) is 279 Å². The van der Waals surface area contributed by atoms with E-state index in [1.54, 1.807) is 0 Å². The molecule has 0 amide bonds. The first-order valence-electron chi connectivity index (χ1n) is 25.7. The standard InChI is InChI=1S/C74H46/c1-3-18-47(19-4-1)52-24-17-27-55(43-52)71-62-30-9-13-34-66(62)73(67-35-14-10-31-63(67)71)58-45-56(53-25-16-26-54(42-53)59-40-38-51-37-36-49-22-15-23-50-39-41-68(59)74(51)69(49)50)44-57(46-58)72-64-32-11-7-28-60(64)70(48-20-5-2-6-21-48)61-29-8-12-33-65(61)72/h1-46H. The van der Waals surface area contributed by atoms with E-state index in [0.717, 1.165) is 0 Å². The predicted molar refractivity (Wildman–Crippen MR) is 318 cm³/mol. The lowest BCUT2D eigenvalue weighted by molar-refractivity contribution is 1.59. The maximum Gasteiger partial charge on any atom is -0.00206 e. The predicted octanol–water partition coefficient (Wildman–Crippen LogP) is 20.9. The highest BCUT2D eigenvalue weighted by atomic mass is 14.3. The zero-order valence-electron chi connectivity index (χ0n) is 40.6. The van der Waals surface area contributed by atoms with Crippen LogP contribution in [-0.2, 0) is 0 Å². The van der Waals surface area contributed by atoms with Crippen molar-refractivity contribution in [3.63, 3.8) is 0 Å². The zero-order valence-corrected chi connectivity index (χ0v) is 40.6. The van der Waals surface area contributed by atoms with Crippen molar-refractivity contribution < 1.29 is 0 Å². The normalized spacial score (nSPS) is 11.8. The molecule has 0 aliphatic carbocycles. The van der Waals surface area contributed by atoms with Crippen LogP contribution in [0.15, 0.2) is 279 Å². The Hall–Kier alpha value is -9.62. The van der Waals surface area contributed by atoms with E-state index in [2.05, 4.69) is 279 Å². The molecule has 0 spiro atoms. The molecule has 74 heavy (non-hydrogen) atoms. The lowest BCUT2D eigenvalue weighted by atomic mass is 9.82. The molecule has 0 bridgehead atoms. The molecule has 0 fully saturated rings. The van der Waals surface area contributed by atoms with Gasteiger partial charge in [-0.3, -0.25) is 0 Å². The Labute approximate surface area is 430 Å². The van der Waals surface area contributed by atoms with Crippen LogP contribution in [0.2, 0.25) is 0 Å². The van der Waals surface area contributed by atoms with Gasteiger partial charge >= 0.3 is 0 Å². The third-order valence-electron chi connectivity index (χ3n) is 15.7. The summed E-state index contributed by atoms with van der Waals surface area (Å²) < 4.78 is 0. The molecule has 15 rings (SSSR count). The molecule has 15 aromatic rings. The summed E-state index contributed by atoms with van der Waals surface area (Å²) >= 11 is 0. The fraction of sp³-hybridized carbons (Fsp3) is 0. The second-order valence-corrected chi connectivity index (χ2v) is 19.8. The molecule has 0 aliphatic heterocycles. The summed E-state index contributed by atoms with van der Waals surface area (Å²) in [6.45, 7) is 0. The minimum atomic E-state index is 1.17. The number of benzene rings is 15. The Bertz CT molecular complexity index is 4570. The Morgan fingerprint density at radius 2 is 0.473 bits per heavy atom. The Morgan fingerprint density at radius 1 is 0.149 bits per heavy atom. The van der Waals surface area contributed by atoms with E-state index in [4.69, 9.17) is 0 Å². The number of hydrogen-bond donors (Lipinski definition) is 0. The fourth-order valence-corrected chi connectivity index (χ4v) is 12.5. The lowest BCUT2D eigenvalue weighted by Gasteiger charge is -2.21. The highest BCUT2D eigenvalue weighted by Crippen LogP contribution is 2.49. The minimum absolute atomic E-state index is 1.17. The minimum Gasteiger partial charge on any atom is -0.0622 e. The summed E-state index contributed by atoms with van der Waals surface area (Å²) in [4.78, 5) is 0. The maximum absolute atomic E-state index is 2.48. The largest absolute Gasteiger partial charge is 0.0622 e. The molecule has 0 heterocycles. The van der Waals surface area contributed by atoms with Crippen LogP contribution in [0.5, 0.6) is 0 Å². The molecule has 0 heteroatoms. The van der Waals surface area contributed by atoms with Gasteiger partial charge in [0.15, 0.2) is 0 Å². The molecule has 0 nitrogen and oxygen atoms in total. The number of rotatable bonds is 7. The van der Waals surface area contributed by atoms with Crippen LogP contribution in [0.4, 0.5) is 0 Å². The van der Waals surface area contributed by atoms with Gasteiger partial charge < -0.3 is 0 Å². The van der Waals surface area contributed by atoms with Gasteiger partial charge in [0.1, 0.15) is 0 Å². The van der Waals surface area contributed by atoms with Crippen LogP contribution in [0.1, 0.15) is 0 Å². The molecule has 0 saturated carbocycles. The Morgan fingerprint density at radius 3 is 1.00 bits per heavy atom. The van der Waals surface area contributed by atoms with Crippen molar-refractivity contribution in [2.75, 3.05) is 0 Å². The molecular formula is C74H46. The highest BCUT2D eigenvalue weighted by Gasteiger charge is 2.22. The van der Waals surface area contributed by atoms with Gasteiger partial charge in [0.2, 0.25) is 0 Å². The summed E-state index contributed by atoms with van der Waals surface area (Å²) in [5.41, 5.74) is 17.0. The van der Waals surface area contributed by atoms with Gasteiger partial charge in [-0.05, 0) is 184 Å². The van der Waals surface area contributed by atoms with Gasteiger partial charge in [-0.1, -0.05) is 249 Å². The average molecular weight is 935 g/mol. The summed E-state index contributed by atoms with van der Waals surface area (Å²) in [5, 5.41) is 17.7. The van der Waals surface area contributed by atoms with Gasteiger partial charge in [-0.2, -0.15) is 0 Å². The van der Waals surface area contributed by atoms with Crippen LogP contribution in [0.25, 0.3) is 153 Å². The average Bonchev–Trinajstić information content (AvgIpc) is 3.47. The van der Waals surface area contributed by atoms with Crippen LogP contribution >= 0.6 is 0 Å². The van der Waals surface area contributed by atoms with Gasteiger partial charge in [0, 0.05) is 0 Å². The monoisotopic (exact) mass is 934 g/mol. The van der Waals surface area contributed by atoms with Gasteiger partial charge in [-0.15, -0.1) is 0 Å². The topological polar surface area (TPSA) is 0 Å².